The Kier molecular flexibility index (Phi) is 6.02. The standard InChI is InChI=1S/C14H26N4O/c1-4-6-12-17-11(15)9-13(18-12)16-10-14(2,3)7-5-8-19/h9,19H,4-8,10H2,1-3H3,(H3,15,16,17,18). The van der Waals surface area contributed by atoms with Gasteiger partial charge in [-0.3, -0.25) is 0 Å². The van der Waals surface area contributed by atoms with Crippen molar-refractivity contribution in [3.63, 3.8) is 0 Å². The van der Waals surface area contributed by atoms with Crippen LogP contribution in [0, 0.1) is 5.41 Å². The highest BCUT2D eigenvalue weighted by Crippen LogP contribution is 2.22. The fraction of sp³-hybridized carbons (Fsp3) is 0.714. The summed E-state index contributed by atoms with van der Waals surface area (Å²) >= 11 is 0. The quantitative estimate of drug-likeness (QED) is 0.672. The maximum absolute atomic E-state index is 8.89. The van der Waals surface area contributed by atoms with Crippen molar-refractivity contribution in [1.29, 1.82) is 0 Å². The van der Waals surface area contributed by atoms with E-state index in [0.717, 1.165) is 43.9 Å². The highest BCUT2D eigenvalue weighted by atomic mass is 16.2. The van der Waals surface area contributed by atoms with Gasteiger partial charge in [0.25, 0.3) is 0 Å². The number of aliphatic hydroxyl groups excluding tert-OH is 1. The number of anilines is 2. The Bertz CT molecular complexity index is 393. The van der Waals surface area contributed by atoms with Gasteiger partial charge in [0.05, 0.1) is 0 Å². The Morgan fingerprint density at radius 3 is 2.74 bits per heavy atom. The Morgan fingerprint density at radius 2 is 2.11 bits per heavy atom. The minimum absolute atomic E-state index is 0.118. The van der Waals surface area contributed by atoms with Crippen LogP contribution < -0.4 is 11.1 Å². The van der Waals surface area contributed by atoms with Crippen LogP contribution in [0.25, 0.3) is 0 Å². The molecule has 1 rings (SSSR count). The Labute approximate surface area is 115 Å². The first-order valence-electron chi connectivity index (χ1n) is 6.95. The van der Waals surface area contributed by atoms with Crippen molar-refractivity contribution in [2.45, 2.75) is 46.5 Å². The fourth-order valence-electron chi connectivity index (χ4n) is 1.92. The largest absolute Gasteiger partial charge is 0.396 e. The van der Waals surface area contributed by atoms with E-state index in [1.54, 1.807) is 6.07 Å². The van der Waals surface area contributed by atoms with Crippen LogP contribution in [0.4, 0.5) is 11.6 Å². The van der Waals surface area contributed by atoms with Crippen molar-refractivity contribution in [2.24, 2.45) is 5.41 Å². The molecule has 0 fully saturated rings. The zero-order valence-electron chi connectivity index (χ0n) is 12.2. The summed E-state index contributed by atoms with van der Waals surface area (Å²) in [6.45, 7) is 7.48. The second-order valence-electron chi connectivity index (χ2n) is 5.69. The molecule has 0 aliphatic carbocycles. The summed E-state index contributed by atoms with van der Waals surface area (Å²) in [4.78, 5) is 8.67. The number of hydrogen-bond acceptors (Lipinski definition) is 5. The second kappa shape index (κ2) is 7.28. The van der Waals surface area contributed by atoms with Gasteiger partial charge in [0.2, 0.25) is 0 Å². The lowest BCUT2D eigenvalue weighted by atomic mass is 9.88. The molecule has 0 saturated carbocycles. The lowest BCUT2D eigenvalue weighted by Gasteiger charge is -2.25. The van der Waals surface area contributed by atoms with Crippen LogP contribution >= 0.6 is 0 Å². The van der Waals surface area contributed by atoms with E-state index >= 15 is 0 Å². The van der Waals surface area contributed by atoms with E-state index < -0.39 is 0 Å². The first-order valence-corrected chi connectivity index (χ1v) is 6.95. The number of aryl methyl sites for hydroxylation is 1. The van der Waals surface area contributed by atoms with Crippen LogP contribution in [0.1, 0.15) is 45.9 Å². The van der Waals surface area contributed by atoms with Gasteiger partial charge in [0.1, 0.15) is 17.5 Å². The third-order valence-electron chi connectivity index (χ3n) is 3.03. The molecular formula is C14H26N4O. The number of aromatic nitrogens is 2. The molecule has 0 radical (unpaired) electrons. The van der Waals surface area contributed by atoms with Gasteiger partial charge in [-0.05, 0) is 24.7 Å². The molecule has 1 aromatic heterocycles. The average Bonchev–Trinajstić information content (AvgIpc) is 2.34. The number of rotatable bonds is 8. The highest BCUT2D eigenvalue weighted by molar-refractivity contribution is 5.44. The van der Waals surface area contributed by atoms with E-state index in [0.29, 0.717) is 5.82 Å². The molecule has 0 saturated heterocycles. The molecule has 1 aromatic rings. The van der Waals surface area contributed by atoms with E-state index in [2.05, 4.69) is 36.1 Å². The highest BCUT2D eigenvalue weighted by Gasteiger charge is 2.17. The number of hydrogen-bond donors (Lipinski definition) is 3. The van der Waals surface area contributed by atoms with Gasteiger partial charge in [-0.15, -0.1) is 0 Å². The fourth-order valence-corrected chi connectivity index (χ4v) is 1.92. The number of aliphatic hydroxyl groups is 1. The molecule has 19 heavy (non-hydrogen) atoms. The van der Waals surface area contributed by atoms with Crippen LogP contribution in [-0.4, -0.2) is 28.2 Å². The van der Waals surface area contributed by atoms with Crippen LogP contribution in [-0.2, 0) is 6.42 Å². The van der Waals surface area contributed by atoms with E-state index in [4.69, 9.17) is 10.8 Å². The number of nitrogens with two attached hydrogens (primary N) is 1. The van der Waals surface area contributed by atoms with Gasteiger partial charge in [-0.25, -0.2) is 9.97 Å². The summed E-state index contributed by atoms with van der Waals surface area (Å²) in [6.07, 6.45) is 3.64. The molecule has 0 aliphatic rings. The summed E-state index contributed by atoms with van der Waals surface area (Å²) in [5, 5.41) is 12.2. The smallest absolute Gasteiger partial charge is 0.133 e. The van der Waals surface area contributed by atoms with Gasteiger partial charge < -0.3 is 16.2 Å². The molecule has 0 aliphatic heterocycles. The summed E-state index contributed by atoms with van der Waals surface area (Å²) in [5.74, 6) is 2.08. The summed E-state index contributed by atoms with van der Waals surface area (Å²) in [6, 6.07) is 1.77. The first kappa shape index (κ1) is 15.7. The van der Waals surface area contributed by atoms with Gasteiger partial charge in [-0.1, -0.05) is 20.8 Å². The van der Waals surface area contributed by atoms with E-state index in [9.17, 15) is 0 Å². The Balaban J connectivity index is 2.61. The van der Waals surface area contributed by atoms with E-state index in [-0.39, 0.29) is 12.0 Å². The van der Waals surface area contributed by atoms with Gasteiger partial charge in [0, 0.05) is 25.6 Å². The van der Waals surface area contributed by atoms with Crippen LogP contribution in [0.3, 0.4) is 0 Å². The molecule has 0 aromatic carbocycles. The van der Waals surface area contributed by atoms with Crippen molar-refractivity contribution in [2.75, 3.05) is 24.2 Å². The molecule has 0 bridgehead atoms. The lowest BCUT2D eigenvalue weighted by Crippen LogP contribution is -2.24. The van der Waals surface area contributed by atoms with Crippen molar-refractivity contribution >= 4 is 11.6 Å². The van der Waals surface area contributed by atoms with E-state index in [1.165, 1.54) is 0 Å². The Hall–Kier alpha value is -1.36. The van der Waals surface area contributed by atoms with Gasteiger partial charge >= 0.3 is 0 Å². The SMILES string of the molecule is CCCc1nc(N)cc(NCC(C)(C)CCCO)n1. The third-order valence-corrected chi connectivity index (χ3v) is 3.03. The molecule has 5 nitrogen and oxygen atoms in total. The van der Waals surface area contributed by atoms with Crippen LogP contribution in [0.15, 0.2) is 6.07 Å². The van der Waals surface area contributed by atoms with E-state index in [1.807, 2.05) is 0 Å². The number of nitrogens with zero attached hydrogens (tertiary/aromatic N) is 2. The molecule has 0 atom stereocenters. The maximum atomic E-state index is 8.89. The molecule has 0 amide bonds. The normalized spacial score (nSPS) is 11.6. The zero-order chi connectivity index (χ0) is 14.3. The minimum atomic E-state index is 0.118. The molecule has 0 spiro atoms. The first-order chi connectivity index (χ1) is 8.96. The monoisotopic (exact) mass is 266 g/mol. The van der Waals surface area contributed by atoms with Gasteiger partial charge in [0.15, 0.2) is 0 Å². The third kappa shape index (κ3) is 5.87. The lowest BCUT2D eigenvalue weighted by molar-refractivity contribution is 0.248. The zero-order valence-corrected chi connectivity index (χ0v) is 12.2. The molecular weight excluding hydrogens is 240 g/mol. The van der Waals surface area contributed by atoms with Crippen LogP contribution in [0.5, 0.6) is 0 Å². The second-order valence-corrected chi connectivity index (χ2v) is 5.69. The molecule has 0 unspecified atom stereocenters. The minimum Gasteiger partial charge on any atom is -0.396 e. The van der Waals surface area contributed by atoms with Crippen molar-refractivity contribution < 1.29 is 5.11 Å². The Morgan fingerprint density at radius 1 is 1.37 bits per heavy atom. The predicted molar refractivity (Wildman–Crippen MR) is 79.0 cm³/mol. The summed E-state index contributed by atoms with van der Waals surface area (Å²) < 4.78 is 0. The van der Waals surface area contributed by atoms with Crippen molar-refractivity contribution in [3.8, 4) is 0 Å². The average molecular weight is 266 g/mol. The summed E-state index contributed by atoms with van der Waals surface area (Å²) in [7, 11) is 0. The molecule has 4 N–H and O–H groups in total. The molecule has 108 valence electrons. The van der Waals surface area contributed by atoms with Crippen molar-refractivity contribution in [1.82, 2.24) is 9.97 Å². The summed E-state index contributed by atoms with van der Waals surface area (Å²) in [5.41, 5.74) is 5.90. The van der Waals surface area contributed by atoms with Crippen molar-refractivity contribution in [3.05, 3.63) is 11.9 Å². The maximum Gasteiger partial charge on any atom is 0.133 e. The van der Waals surface area contributed by atoms with Gasteiger partial charge in [-0.2, -0.15) is 0 Å². The molecule has 5 heteroatoms. The predicted octanol–water partition coefficient (Wildman–Crippen LogP) is 2.22. The number of nitrogens with one attached hydrogen (secondary N) is 1. The topological polar surface area (TPSA) is 84.1 Å². The van der Waals surface area contributed by atoms with Crippen LogP contribution in [0.2, 0.25) is 0 Å². The number of nitrogen functional groups attached to an aromatic ring is 1. The molecule has 1 heterocycles.